The third kappa shape index (κ3) is 5.21. The van der Waals surface area contributed by atoms with Crippen molar-refractivity contribution in [1.29, 1.82) is 0 Å². The van der Waals surface area contributed by atoms with Crippen LogP contribution in [-0.4, -0.2) is 17.6 Å². The van der Waals surface area contributed by atoms with Gasteiger partial charge in [0.05, 0.1) is 5.92 Å². The van der Waals surface area contributed by atoms with E-state index in [4.69, 9.17) is 5.11 Å². The van der Waals surface area contributed by atoms with Crippen LogP contribution in [0.5, 0.6) is 0 Å². The largest absolute Gasteiger partial charge is 0.481 e. The van der Waals surface area contributed by atoms with Crippen molar-refractivity contribution in [3.05, 3.63) is 29.8 Å². The first kappa shape index (κ1) is 14.6. The van der Waals surface area contributed by atoms with E-state index in [9.17, 15) is 4.79 Å². The van der Waals surface area contributed by atoms with E-state index in [0.717, 1.165) is 17.8 Å². The Kier molecular flexibility index (Phi) is 6.26. The molecule has 1 aromatic carbocycles. The molecular weight excluding hydrogens is 226 g/mol. The quantitative estimate of drug-likeness (QED) is 0.693. The van der Waals surface area contributed by atoms with Crippen molar-refractivity contribution in [2.24, 2.45) is 5.92 Å². The van der Waals surface area contributed by atoms with Gasteiger partial charge in [-0.05, 0) is 30.5 Å². The summed E-state index contributed by atoms with van der Waals surface area (Å²) in [5.41, 5.74) is 2.18. The van der Waals surface area contributed by atoms with Gasteiger partial charge in [0.15, 0.2) is 0 Å². The lowest BCUT2D eigenvalue weighted by Crippen LogP contribution is -2.12. The summed E-state index contributed by atoms with van der Waals surface area (Å²) in [5.74, 6) is -1.06. The second-order valence-electron chi connectivity index (χ2n) is 4.77. The van der Waals surface area contributed by atoms with E-state index in [0.29, 0.717) is 6.42 Å². The first-order valence-electron chi connectivity index (χ1n) is 6.69. The standard InChI is InChI=1S/C15H23NO2/c1-3-4-5-10-16-14-8-6-13(7-9-14)11-12(2)15(17)18/h6-9,12,16H,3-5,10-11H2,1-2H3,(H,17,18)/t12-/m1/s1. The zero-order chi connectivity index (χ0) is 13.4. The van der Waals surface area contributed by atoms with Gasteiger partial charge in [0.2, 0.25) is 0 Å². The molecule has 0 fully saturated rings. The maximum absolute atomic E-state index is 10.8. The lowest BCUT2D eigenvalue weighted by atomic mass is 10.0. The summed E-state index contributed by atoms with van der Waals surface area (Å²) >= 11 is 0. The molecule has 1 rings (SSSR count). The number of carboxylic acid groups (broad SMARTS) is 1. The predicted molar refractivity (Wildman–Crippen MR) is 75.0 cm³/mol. The van der Waals surface area contributed by atoms with E-state index < -0.39 is 5.97 Å². The molecule has 0 bridgehead atoms. The Morgan fingerprint density at radius 2 is 1.94 bits per heavy atom. The van der Waals surface area contributed by atoms with Gasteiger partial charge in [-0.1, -0.05) is 38.8 Å². The van der Waals surface area contributed by atoms with Crippen LogP contribution in [0, 0.1) is 5.92 Å². The summed E-state index contributed by atoms with van der Waals surface area (Å²) in [6, 6.07) is 8.05. The Bertz CT molecular complexity index is 359. The highest BCUT2D eigenvalue weighted by Gasteiger charge is 2.11. The lowest BCUT2D eigenvalue weighted by Gasteiger charge is -2.09. The van der Waals surface area contributed by atoms with Crippen LogP contribution in [0.3, 0.4) is 0 Å². The Balaban J connectivity index is 2.40. The van der Waals surface area contributed by atoms with Gasteiger partial charge in [-0.3, -0.25) is 4.79 Å². The molecule has 0 saturated carbocycles. The minimum Gasteiger partial charge on any atom is -0.481 e. The Labute approximate surface area is 109 Å². The van der Waals surface area contributed by atoms with Crippen molar-refractivity contribution < 1.29 is 9.90 Å². The zero-order valence-corrected chi connectivity index (χ0v) is 11.3. The molecule has 1 atom stereocenters. The highest BCUT2D eigenvalue weighted by atomic mass is 16.4. The number of benzene rings is 1. The average Bonchev–Trinajstić information content (AvgIpc) is 2.36. The highest BCUT2D eigenvalue weighted by Crippen LogP contribution is 2.13. The van der Waals surface area contributed by atoms with Gasteiger partial charge >= 0.3 is 5.97 Å². The number of nitrogens with one attached hydrogen (secondary N) is 1. The molecule has 0 amide bonds. The smallest absolute Gasteiger partial charge is 0.306 e. The number of anilines is 1. The molecule has 0 heterocycles. The molecule has 100 valence electrons. The summed E-state index contributed by atoms with van der Waals surface area (Å²) < 4.78 is 0. The fourth-order valence-corrected chi connectivity index (χ4v) is 1.81. The van der Waals surface area contributed by atoms with Gasteiger partial charge in [0.1, 0.15) is 0 Å². The molecule has 0 radical (unpaired) electrons. The van der Waals surface area contributed by atoms with Crippen molar-refractivity contribution in [2.45, 2.75) is 39.5 Å². The van der Waals surface area contributed by atoms with Gasteiger partial charge in [0.25, 0.3) is 0 Å². The number of aliphatic carboxylic acids is 1. The fourth-order valence-electron chi connectivity index (χ4n) is 1.81. The molecule has 18 heavy (non-hydrogen) atoms. The van der Waals surface area contributed by atoms with Crippen LogP contribution in [-0.2, 0) is 11.2 Å². The van der Waals surface area contributed by atoms with Crippen LogP contribution in [0.4, 0.5) is 5.69 Å². The van der Waals surface area contributed by atoms with Crippen molar-refractivity contribution in [1.82, 2.24) is 0 Å². The van der Waals surface area contributed by atoms with E-state index in [1.165, 1.54) is 19.3 Å². The summed E-state index contributed by atoms with van der Waals surface area (Å²) in [4.78, 5) is 10.8. The van der Waals surface area contributed by atoms with Crippen LogP contribution in [0.2, 0.25) is 0 Å². The van der Waals surface area contributed by atoms with Crippen molar-refractivity contribution in [3.63, 3.8) is 0 Å². The monoisotopic (exact) mass is 249 g/mol. The second kappa shape index (κ2) is 7.75. The number of hydrogen-bond donors (Lipinski definition) is 2. The Hall–Kier alpha value is -1.51. The van der Waals surface area contributed by atoms with Gasteiger partial charge in [0, 0.05) is 12.2 Å². The molecule has 1 aromatic rings. The lowest BCUT2D eigenvalue weighted by molar-refractivity contribution is -0.141. The third-order valence-corrected chi connectivity index (χ3v) is 3.03. The summed E-state index contributed by atoms with van der Waals surface area (Å²) in [7, 11) is 0. The molecule has 0 aliphatic carbocycles. The maximum Gasteiger partial charge on any atom is 0.306 e. The summed E-state index contributed by atoms with van der Waals surface area (Å²) in [5, 5.41) is 12.2. The predicted octanol–water partition coefficient (Wildman–Crippen LogP) is 3.55. The van der Waals surface area contributed by atoms with Crippen molar-refractivity contribution >= 4 is 11.7 Å². The van der Waals surface area contributed by atoms with E-state index in [2.05, 4.69) is 12.2 Å². The average molecular weight is 249 g/mol. The van der Waals surface area contributed by atoms with Crippen LogP contribution < -0.4 is 5.32 Å². The molecule has 3 heteroatoms. The van der Waals surface area contributed by atoms with E-state index >= 15 is 0 Å². The molecule has 0 aromatic heterocycles. The SMILES string of the molecule is CCCCCNc1ccc(C[C@@H](C)C(=O)O)cc1. The van der Waals surface area contributed by atoms with Crippen molar-refractivity contribution in [2.75, 3.05) is 11.9 Å². The van der Waals surface area contributed by atoms with E-state index in [1.54, 1.807) is 6.92 Å². The number of hydrogen-bond acceptors (Lipinski definition) is 2. The Morgan fingerprint density at radius 3 is 2.50 bits per heavy atom. The van der Waals surface area contributed by atoms with E-state index in [1.807, 2.05) is 24.3 Å². The number of rotatable bonds is 8. The van der Waals surface area contributed by atoms with Crippen LogP contribution >= 0.6 is 0 Å². The molecule has 0 aliphatic rings. The first-order valence-corrected chi connectivity index (χ1v) is 6.69. The molecule has 0 unspecified atom stereocenters. The zero-order valence-electron chi connectivity index (χ0n) is 11.3. The number of carbonyl (C=O) groups is 1. The highest BCUT2D eigenvalue weighted by molar-refractivity contribution is 5.69. The molecule has 0 spiro atoms. The normalized spacial score (nSPS) is 12.1. The van der Waals surface area contributed by atoms with Gasteiger partial charge in [-0.15, -0.1) is 0 Å². The third-order valence-electron chi connectivity index (χ3n) is 3.03. The minimum atomic E-state index is -0.739. The van der Waals surface area contributed by atoms with Crippen LogP contribution in [0.25, 0.3) is 0 Å². The maximum atomic E-state index is 10.8. The van der Waals surface area contributed by atoms with Crippen molar-refractivity contribution in [3.8, 4) is 0 Å². The minimum absolute atomic E-state index is 0.326. The molecule has 2 N–H and O–H groups in total. The fraction of sp³-hybridized carbons (Fsp3) is 0.533. The summed E-state index contributed by atoms with van der Waals surface area (Å²) in [6.45, 7) is 4.93. The van der Waals surface area contributed by atoms with Crippen LogP contribution in [0.1, 0.15) is 38.7 Å². The van der Waals surface area contributed by atoms with Gasteiger partial charge in [-0.25, -0.2) is 0 Å². The van der Waals surface area contributed by atoms with Gasteiger partial charge in [-0.2, -0.15) is 0 Å². The second-order valence-corrected chi connectivity index (χ2v) is 4.77. The topological polar surface area (TPSA) is 49.3 Å². The first-order chi connectivity index (χ1) is 8.63. The summed E-state index contributed by atoms with van der Waals surface area (Å²) in [6.07, 6.45) is 4.26. The number of unbranched alkanes of at least 4 members (excludes halogenated alkanes) is 2. The molecule has 0 aliphatic heterocycles. The van der Waals surface area contributed by atoms with E-state index in [-0.39, 0.29) is 5.92 Å². The molecular formula is C15H23NO2. The van der Waals surface area contributed by atoms with Gasteiger partial charge < -0.3 is 10.4 Å². The molecule has 0 saturated heterocycles. The molecule has 3 nitrogen and oxygen atoms in total. The number of carboxylic acids is 1. The Morgan fingerprint density at radius 1 is 1.28 bits per heavy atom. The van der Waals surface area contributed by atoms with Crippen LogP contribution in [0.15, 0.2) is 24.3 Å².